The van der Waals surface area contributed by atoms with Crippen molar-refractivity contribution >= 4 is 5.91 Å². The number of carbonyl (C=O) groups excluding carboxylic acids is 1. The summed E-state index contributed by atoms with van der Waals surface area (Å²) in [5.41, 5.74) is 2.31. The number of hydrogen-bond acceptors (Lipinski definition) is 2. The Kier molecular flexibility index (Phi) is 6.82. The second-order valence-corrected chi connectivity index (χ2v) is 5.91. The van der Waals surface area contributed by atoms with Gasteiger partial charge >= 0.3 is 0 Å². The van der Waals surface area contributed by atoms with Crippen molar-refractivity contribution in [3.8, 4) is 0 Å². The van der Waals surface area contributed by atoms with Crippen molar-refractivity contribution in [2.24, 2.45) is 0 Å². The summed E-state index contributed by atoms with van der Waals surface area (Å²) < 4.78 is 0. The summed E-state index contributed by atoms with van der Waals surface area (Å²) in [4.78, 5) is 14.6. The van der Waals surface area contributed by atoms with Crippen LogP contribution in [0.15, 0.2) is 60.7 Å². The van der Waals surface area contributed by atoms with Crippen molar-refractivity contribution in [3.63, 3.8) is 0 Å². The minimum Gasteiger partial charge on any atom is -0.333 e. The highest BCUT2D eigenvalue weighted by Crippen LogP contribution is 2.10. The highest BCUT2D eigenvalue weighted by Gasteiger charge is 2.15. The Morgan fingerprint density at radius 1 is 0.957 bits per heavy atom. The molecule has 0 aliphatic rings. The van der Waals surface area contributed by atoms with Crippen molar-refractivity contribution < 1.29 is 4.79 Å². The Bertz CT molecular complexity index is 542. The number of benzene rings is 2. The van der Waals surface area contributed by atoms with Crippen LogP contribution >= 0.6 is 0 Å². The Hall–Kier alpha value is -2.13. The molecule has 1 N–H and O–H groups in total. The fourth-order valence-electron chi connectivity index (χ4n) is 2.36. The molecule has 23 heavy (non-hydrogen) atoms. The molecule has 1 unspecified atom stereocenters. The molecule has 0 saturated carbocycles. The summed E-state index contributed by atoms with van der Waals surface area (Å²) in [6.45, 7) is 5.88. The van der Waals surface area contributed by atoms with E-state index < -0.39 is 0 Å². The minimum atomic E-state index is 0.137. The molecule has 1 amide bonds. The monoisotopic (exact) mass is 310 g/mol. The molecule has 0 aliphatic carbocycles. The predicted octanol–water partition coefficient (Wildman–Crippen LogP) is 3.60. The van der Waals surface area contributed by atoms with E-state index in [4.69, 9.17) is 0 Å². The van der Waals surface area contributed by atoms with Crippen molar-refractivity contribution in [3.05, 3.63) is 71.8 Å². The van der Waals surface area contributed by atoms with Gasteiger partial charge in [0.05, 0.1) is 6.54 Å². The number of carbonyl (C=O) groups is 1. The van der Waals surface area contributed by atoms with Crippen LogP contribution in [-0.4, -0.2) is 23.4 Å². The molecule has 2 aromatic rings. The zero-order valence-corrected chi connectivity index (χ0v) is 14.0. The van der Waals surface area contributed by atoms with Gasteiger partial charge in [-0.2, -0.15) is 0 Å². The van der Waals surface area contributed by atoms with Crippen LogP contribution < -0.4 is 5.32 Å². The molecule has 1 atom stereocenters. The first-order valence-electron chi connectivity index (χ1n) is 8.28. The fraction of sp³-hybridized carbons (Fsp3) is 0.350. The lowest BCUT2D eigenvalue weighted by atomic mass is 10.1. The van der Waals surface area contributed by atoms with E-state index in [1.165, 1.54) is 0 Å². The number of nitrogens with one attached hydrogen (secondary N) is 1. The summed E-state index contributed by atoms with van der Waals surface area (Å²) in [6, 6.07) is 20.6. The average molecular weight is 310 g/mol. The van der Waals surface area contributed by atoms with Gasteiger partial charge in [-0.05, 0) is 24.5 Å². The number of hydrogen-bond donors (Lipinski definition) is 1. The molecular formula is C20H26N2O. The van der Waals surface area contributed by atoms with E-state index in [2.05, 4.69) is 43.4 Å². The van der Waals surface area contributed by atoms with Gasteiger partial charge in [0, 0.05) is 19.1 Å². The van der Waals surface area contributed by atoms with Crippen LogP contribution in [0, 0.1) is 0 Å². The van der Waals surface area contributed by atoms with E-state index in [0.29, 0.717) is 25.7 Å². The molecule has 122 valence electrons. The lowest BCUT2D eigenvalue weighted by Gasteiger charge is -2.24. The summed E-state index contributed by atoms with van der Waals surface area (Å²) in [7, 11) is 0. The van der Waals surface area contributed by atoms with E-state index >= 15 is 0 Å². The van der Waals surface area contributed by atoms with Gasteiger partial charge < -0.3 is 10.2 Å². The van der Waals surface area contributed by atoms with E-state index in [0.717, 1.165) is 17.5 Å². The third-order valence-electron chi connectivity index (χ3n) is 4.00. The normalized spacial score (nSPS) is 11.9. The topological polar surface area (TPSA) is 32.3 Å². The molecule has 0 spiro atoms. The fourth-order valence-corrected chi connectivity index (χ4v) is 2.36. The van der Waals surface area contributed by atoms with E-state index in [-0.39, 0.29) is 5.91 Å². The average Bonchev–Trinajstić information content (AvgIpc) is 2.60. The zero-order valence-electron chi connectivity index (χ0n) is 14.0. The highest BCUT2D eigenvalue weighted by atomic mass is 16.2. The Morgan fingerprint density at radius 2 is 1.43 bits per heavy atom. The molecule has 2 aromatic carbocycles. The number of nitrogens with zero attached hydrogens (tertiary/aromatic N) is 1. The third-order valence-corrected chi connectivity index (χ3v) is 4.00. The van der Waals surface area contributed by atoms with Gasteiger partial charge in [0.1, 0.15) is 0 Å². The molecule has 0 fully saturated rings. The Morgan fingerprint density at radius 3 is 1.87 bits per heavy atom. The number of rotatable bonds is 8. The molecular weight excluding hydrogens is 284 g/mol. The molecule has 0 aromatic heterocycles. The van der Waals surface area contributed by atoms with Gasteiger partial charge in [0.15, 0.2) is 0 Å². The smallest absolute Gasteiger partial charge is 0.237 e. The van der Waals surface area contributed by atoms with Crippen molar-refractivity contribution in [2.75, 3.05) is 6.54 Å². The summed E-state index contributed by atoms with van der Waals surface area (Å²) in [5.74, 6) is 0.137. The summed E-state index contributed by atoms with van der Waals surface area (Å²) >= 11 is 0. The van der Waals surface area contributed by atoms with Crippen LogP contribution in [0.25, 0.3) is 0 Å². The Balaban J connectivity index is 2.05. The van der Waals surface area contributed by atoms with Crippen molar-refractivity contribution in [2.45, 2.75) is 39.4 Å². The van der Waals surface area contributed by atoms with Gasteiger partial charge in [-0.1, -0.05) is 67.6 Å². The highest BCUT2D eigenvalue weighted by molar-refractivity contribution is 5.78. The van der Waals surface area contributed by atoms with Crippen molar-refractivity contribution in [1.29, 1.82) is 0 Å². The quantitative estimate of drug-likeness (QED) is 0.808. The first kappa shape index (κ1) is 17.2. The van der Waals surface area contributed by atoms with Gasteiger partial charge in [-0.25, -0.2) is 0 Å². The number of amides is 1. The molecule has 0 aliphatic heterocycles. The largest absolute Gasteiger partial charge is 0.333 e. The zero-order chi connectivity index (χ0) is 16.5. The first-order chi connectivity index (χ1) is 11.2. The van der Waals surface area contributed by atoms with Gasteiger partial charge in [0.25, 0.3) is 0 Å². The van der Waals surface area contributed by atoms with Gasteiger partial charge in [-0.3, -0.25) is 4.79 Å². The molecule has 0 heterocycles. The van der Waals surface area contributed by atoms with Crippen LogP contribution in [0.2, 0.25) is 0 Å². The molecule has 0 bridgehead atoms. The predicted molar refractivity (Wildman–Crippen MR) is 94.9 cm³/mol. The maximum atomic E-state index is 12.6. The van der Waals surface area contributed by atoms with E-state index in [9.17, 15) is 4.79 Å². The van der Waals surface area contributed by atoms with Gasteiger partial charge in [-0.15, -0.1) is 0 Å². The van der Waals surface area contributed by atoms with Crippen LogP contribution in [0.4, 0.5) is 0 Å². The second kappa shape index (κ2) is 9.11. The third kappa shape index (κ3) is 5.87. The SMILES string of the molecule is CCC(C)NCC(=O)N(Cc1ccccc1)Cc1ccccc1. The lowest BCUT2D eigenvalue weighted by Crippen LogP contribution is -2.40. The van der Waals surface area contributed by atoms with Crippen LogP contribution in [0.3, 0.4) is 0 Å². The molecule has 3 nitrogen and oxygen atoms in total. The molecule has 0 radical (unpaired) electrons. The molecule has 0 saturated heterocycles. The Labute approximate surface area is 139 Å². The van der Waals surface area contributed by atoms with E-state index in [1.807, 2.05) is 41.3 Å². The van der Waals surface area contributed by atoms with E-state index in [1.54, 1.807) is 0 Å². The van der Waals surface area contributed by atoms with Crippen LogP contribution in [-0.2, 0) is 17.9 Å². The van der Waals surface area contributed by atoms with Crippen LogP contribution in [0.1, 0.15) is 31.4 Å². The lowest BCUT2D eigenvalue weighted by molar-refractivity contribution is -0.131. The maximum absolute atomic E-state index is 12.6. The summed E-state index contributed by atoms with van der Waals surface area (Å²) in [6.07, 6.45) is 1.02. The molecule has 2 rings (SSSR count). The standard InChI is InChI=1S/C20H26N2O/c1-3-17(2)21-14-20(23)22(15-18-10-6-4-7-11-18)16-19-12-8-5-9-13-19/h4-13,17,21H,3,14-16H2,1-2H3. The van der Waals surface area contributed by atoms with Gasteiger partial charge in [0.2, 0.25) is 5.91 Å². The minimum absolute atomic E-state index is 0.137. The first-order valence-corrected chi connectivity index (χ1v) is 8.28. The molecule has 3 heteroatoms. The second-order valence-electron chi connectivity index (χ2n) is 5.91. The maximum Gasteiger partial charge on any atom is 0.237 e. The summed E-state index contributed by atoms with van der Waals surface area (Å²) in [5, 5.41) is 3.29. The van der Waals surface area contributed by atoms with Crippen LogP contribution in [0.5, 0.6) is 0 Å². The van der Waals surface area contributed by atoms with Crippen molar-refractivity contribution in [1.82, 2.24) is 10.2 Å².